The summed E-state index contributed by atoms with van der Waals surface area (Å²) < 4.78 is 0. The Labute approximate surface area is 119 Å². The number of carbonyl (C=O) groups excluding carboxylic acids is 1. The van der Waals surface area contributed by atoms with Gasteiger partial charge in [-0.3, -0.25) is 4.79 Å². The van der Waals surface area contributed by atoms with Gasteiger partial charge in [0.2, 0.25) is 5.91 Å². The molecule has 0 aromatic rings. The maximum absolute atomic E-state index is 10.8. The van der Waals surface area contributed by atoms with Crippen molar-refractivity contribution in [2.75, 3.05) is 0 Å². The molecule has 0 rings (SSSR count). The van der Waals surface area contributed by atoms with E-state index in [2.05, 4.69) is 6.92 Å². The lowest BCUT2D eigenvalue weighted by Crippen LogP contribution is -2.11. The first-order valence-corrected chi connectivity index (χ1v) is 8.15. The van der Waals surface area contributed by atoms with Gasteiger partial charge in [-0.2, -0.15) is 0 Å². The predicted octanol–water partition coefficient (Wildman–Crippen LogP) is 5.12. The topological polar surface area (TPSA) is 43.1 Å². The van der Waals surface area contributed by atoms with E-state index < -0.39 is 0 Å². The number of rotatable bonds is 13. The van der Waals surface area contributed by atoms with Gasteiger partial charge in [-0.1, -0.05) is 77.2 Å². The maximum atomic E-state index is 10.8. The van der Waals surface area contributed by atoms with Crippen LogP contribution in [0.1, 0.15) is 90.9 Å². The van der Waals surface area contributed by atoms with Crippen molar-refractivity contribution in [2.45, 2.75) is 90.9 Å². The van der Waals surface area contributed by atoms with Gasteiger partial charge in [0, 0.05) is 5.57 Å². The standard InChI is InChI=1S/C17H33NO/c1-3-4-5-6-7-8-9-10-11-12-13-14-15-16(2)17(18)19/h15H,3-14H2,1-2H3,(H2,18,19)/b16-15+. The van der Waals surface area contributed by atoms with E-state index in [1.807, 2.05) is 6.08 Å². The van der Waals surface area contributed by atoms with E-state index in [4.69, 9.17) is 5.73 Å². The zero-order chi connectivity index (χ0) is 14.3. The summed E-state index contributed by atoms with van der Waals surface area (Å²) in [5, 5.41) is 0. The van der Waals surface area contributed by atoms with Crippen LogP contribution in [-0.2, 0) is 4.79 Å². The second kappa shape index (κ2) is 13.6. The van der Waals surface area contributed by atoms with Crippen molar-refractivity contribution in [2.24, 2.45) is 5.73 Å². The third-order valence-corrected chi connectivity index (χ3v) is 3.65. The van der Waals surface area contributed by atoms with E-state index in [1.54, 1.807) is 6.92 Å². The number of primary amides is 1. The van der Waals surface area contributed by atoms with Crippen LogP contribution < -0.4 is 5.73 Å². The molecule has 0 aromatic carbocycles. The average Bonchev–Trinajstić information content (AvgIpc) is 2.39. The van der Waals surface area contributed by atoms with Crippen LogP contribution in [0.15, 0.2) is 11.6 Å². The molecular formula is C17H33NO. The van der Waals surface area contributed by atoms with Gasteiger partial charge in [-0.15, -0.1) is 0 Å². The molecule has 0 atom stereocenters. The molecule has 19 heavy (non-hydrogen) atoms. The Balaban J connectivity index is 3.15. The van der Waals surface area contributed by atoms with E-state index in [9.17, 15) is 4.79 Å². The summed E-state index contributed by atoms with van der Waals surface area (Å²) in [6.07, 6.45) is 17.9. The molecule has 0 unspecified atom stereocenters. The highest BCUT2D eigenvalue weighted by Gasteiger charge is 1.96. The Morgan fingerprint density at radius 2 is 1.26 bits per heavy atom. The first kappa shape index (κ1) is 18.2. The van der Waals surface area contributed by atoms with Crippen molar-refractivity contribution in [3.8, 4) is 0 Å². The fourth-order valence-electron chi connectivity index (χ4n) is 2.23. The van der Waals surface area contributed by atoms with Gasteiger partial charge in [-0.25, -0.2) is 0 Å². The monoisotopic (exact) mass is 267 g/mol. The minimum atomic E-state index is -0.289. The molecule has 2 heteroatoms. The van der Waals surface area contributed by atoms with Crippen molar-refractivity contribution >= 4 is 5.91 Å². The summed E-state index contributed by atoms with van der Waals surface area (Å²) in [5.74, 6) is -0.289. The molecule has 0 saturated carbocycles. The molecule has 0 aliphatic carbocycles. The molecule has 0 radical (unpaired) electrons. The second-order valence-corrected chi connectivity index (χ2v) is 5.58. The highest BCUT2D eigenvalue weighted by molar-refractivity contribution is 5.91. The number of amides is 1. The summed E-state index contributed by atoms with van der Waals surface area (Å²) in [6.45, 7) is 4.06. The summed E-state index contributed by atoms with van der Waals surface area (Å²) in [4.78, 5) is 10.8. The first-order valence-electron chi connectivity index (χ1n) is 8.15. The minimum absolute atomic E-state index is 0.289. The third-order valence-electron chi connectivity index (χ3n) is 3.65. The first-order chi connectivity index (χ1) is 9.18. The molecule has 0 aromatic heterocycles. The lowest BCUT2D eigenvalue weighted by atomic mass is 10.0. The Hall–Kier alpha value is -0.790. The minimum Gasteiger partial charge on any atom is -0.366 e. The van der Waals surface area contributed by atoms with E-state index in [0.29, 0.717) is 5.57 Å². The normalized spacial score (nSPS) is 11.8. The number of carbonyl (C=O) groups is 1. The zero-order valence-corrected chi connectivity index (χ0v) is 13.0. The van der Waals surface area contributed by atoms with Gasteiger partial charge >= 0.3 is 0 Å². The Bertz CT molecular complexity index is 246. The van der Waals surface area contributed by atoms with Gasteiger partial charge in [-0.05, 0) is 19.8 Å². The largest absolute Gasteiger partial charge is 0.366 e. The highest BCUT2D eigenvalue weighted by atomic mass is 16.1. The Kier molecular flexibility index (Phi) is 13.1. The fraction of sp³-hybridized carbons (Fsp3) is 0.824. The molecule has 1 amide bonds. The molecule has 0 spiro atoms. The van der Waals surface area contributed by atoms with Crippen LogP contribution in [0.2, 0.25) is 0 Å². The van der Waals surface area contributed by atoms with E-state index >= 15 is 0 Å². The number of hydrogen-bond acceptors (Lipinski definition) is 1. The van der Waals surface area contributed by atoms with Crippen LogP contribution in [0.25, 0.3) is 0 Å². The quantitative estimate of drug-likeness (QED) is 0.365. The van der Waals surface area contributed by atoms with Crippen LogP contribution in [0.5, 0.6) is 0 Å². The molecule has 0 heterocycles. The second-order valence-electron chi connectivity index (χ2n) is 5.58. The summed E-state index contributed by atoms with van der Waals surface area (Å²) in [6, 6.07) is 0. The Morgan fingerprint density at radius 3 is 1.68 bits per heavy atom. The summed E-state index contributed by atoms with van der Waals surface area (Å²) >= 11 is 0. The van der Waals surface area contributed by atoms with Crippen LogP contribution >= 0.6 is 0 Å². The van der Waals surface area contributed by atoms with Crippen molar-refractivity contribution in [1.29, 1.82) is 0 Å². The van der Waals surface area contributed by atoms with Gasteiger partial charge in [0.25, 0.3) is 0 Å². The summed E-state index contributed by atoms with van der Waals surface area (Å²) in [7, 11) is 0. The third kappa shape index (κ3) is 13.4. The molecular weight excluding hydrogens is 234 g/mol. The maximum Gasteiger partial charge on any atom is 0.244 e. The zero-order valence-electron chi connectivity index (χ0n) is 13.0. The molecule has 2 nitrogen and oxygen atoms in total. The van der Waals surface area contributed by atoms with E-state index in [1.165, 1.54) is 70.6 Å². The molecule has 0 saturated heterocycles. The van der Waals surface area contributed by atoms with Crippen LogP contribution in [0.4, 0.5) is 0 Å². The lowest BCUT2D eigenvalue weighted by molar-refractivity contribution is -0.114. The van der Waals surface area contributed by atoms with E-state index in [-0.39, 0.29) is 5.91 Å². The molecule has 0 aliphatic heterocycles. The van der Waals surface area contributed by atoms with Crippen molar-refractivity contribution < 1.29 is 4.79 Å². The van der Waals surface area contributed by atoms with Gasteiger partial charge in [0.1, 0.15) is 0 Å². The van der Waals surface area contributed by atoms with Crippen LogP contribution in [0, 0.1) is 0 Å². The predicted molar refractivity (Wildman–Crippen MR) is 84.0 cm³/mol. The lowest BCUT2D eigenvalue weighted by Gasteiger charge is -2.02. The van der Waals surface area contributed by atoms with Gasteiger partial charge in [0.15, 0.2) is 0 Å². The molecule has 2 N–H and O–H groups in total. The number of nitrogens with two attached hydrogens (primary N) is 1. The summed E-state index contributed by atoms with van der Waals surface area (Å²) in [5.41, 5.74) is 5.87. The molecule has 112 valence electrons. The number of unbranched alkanes of at least 4 members (excludes halogenated alkanes) is 11. The number of hydrogen-bond donors (Lipinski definition) is 1. The van der Waals surface area contributed by atoms with Crippen LogP contribution in [0.3, 0.4) is 0 Å². The van der Waals surface area contributed by atoms with E-state index in [0.717, 1.165) is 6.42 Å². The smallest absolute Gasteiger partial charge is 0.244 e. The number of allylic oxidation sites excluding steroid dienone is 1. The van der Waals surface area contributed by atoms with Gasteiger partial charge < -0.3 is 5.73 Å². The van der Waals surface area contributed by atoms with Gasteiger partial charge in [0.05, 0.1) is 0 Å². The van der Waals surface area contributed by atoms with Crippen molar-refractivity contribution in [3.05, 3.63) is 11.6 Å². The molecule has 0 aliphatic rings. The molecule has 0 fully saturated rings. The average molecular weight is 267 g/mol. The van der Waals surface area contributed by atoms with Crippen LogP contribution in [-0.4, -0.2) is 5.91 Å². The van der Waals surface area contributed by atoms with Crippen molar-refractivity contribution in [1.82, 2.24) is 0 Å². The highest BCUT2D eigenvalue weighted by Crippen LogP contribution is 2.12. The Morgan fingerprint density at radius 1 is 0.842 bits per heavy atom. The molecule has 0 bridgehead atoms. The van der Waals surface area contributed by atoms with Crippen molar-refractivity contribution in [3.63, 3.8) is 0 Å². The SMILES string of the molecule is CCCCCCCCCCCCC/C=C(\C)C(N)=O. The fourth-order valence-corrected chi connectivity index (χ4v) is 2.23.